The SMILES string of the molecule is CCCCCOc1ccc(C2C(=C(O)c3cc(C)ccc3C)C(=O)C(=O)N2c2nc3ccc(OCC)cc3s2)cc1OC. The predicted octanol–water partition coefficient (Wildman–Crippen LogP) is 7.52. The van der Waals surface area contributed by atoms with Gasteiger partial charge in [-0.2, -0.15) is 0 Å². The second-order valence-corrected chi connectivity index (χ2v) is 11.5. The average molecular weight is 601 g/mol. The molecule has 1 aromatic heterocycles. The number of methoxy groups -OCH3 is 1. The van der Waals surface area contributed by atoms with Gasteiger partial charge in [-0.3, -0.25) is 14.5 Å². The Bertz CT molecular complexity index is 1710. The number of fused-ring (bicyclic) bond motifs is 1. The van der Waals surface area contributed by atoms with E-state index in [9.17, 15) is 14.7 Å². The molecular weight excluding hydrogens is 564 g/mol. The van der Waals surface area contributed by atoms with Gasteiger partial charge in [-0.25, -0.2) is 4.98 Å². The summed E-state index contributed by atoms with van der Waals surface area (Å²) in [4.78, 5) is 33.6. The number of anilines is 1. The lowest BCUT2D eigenvalue weighted by Gasteiger charge is -2.24. The monoisotopic (exact) mass is 600 g/mol. The van der Waals surface area contributed by atoms with Gasteiger partial charge in [-0.15, -0.1) is 0 Å². The Morgan fingerprint density at radius 3 is 2.53 bits per heavy atom. The molecule has 3 aromatic carbocycles. The van der Waals surface area contributed by atoms with E-state index in [4.69, 9.17) is 19.2 Å². The van der Waals surface area contributed by atoms with Crippen LogP contribution in [0.25, 0.3) is 16.0 Å². The smallest absolute Gasteiger partial charge is 0.301 e. The molecule has 0 saturated carbocycles. The van der Waals surface area contributed by atoms with E-state index in [0.717, 1.165) is 35.1 Å². The zero-order valence-corrected chi connectivity index (χ0v) is 25.9. The van der Waals surface area contributed by atoms with E-state index in [0.29, 0.717) is 52.2 Å². The third-order valence-electron chi connectivity index (χ3n) is 7.47. The number of aromatic nitrogens is 1. The molecule has 1 fully saturated rings. The lowest BCUT2D eigenvalue weighted by Crippen LogP contribution is -2.29. The summed E-state index contributed by atoms with van der Waals surface area (Å²) < 4.78 is 18.1. The number of aryl methyl sites for hydroxylation is 2. The molecule has 0 spiro atoms. The first-order valence-corrected chi connectivity index (χ1v) is 15.3. The van der Waals surface area contributed by atoms with Gasteiger partial charge in [-0.05, 0) is 74.7 Å². The van der Waals surface area contributed by atoms with E-state index in [1.54, 1.807) is 25.3 Å². The first kappa shape index (κ1) is 30.1. The summed E-state index contributed by atoms with van der Waals surface area (Å²) in [6, 6.07) is 15.6. The van der Waals surface area contributed by atoms with Crippen LogP contribution in [0.15, 0.2) is 60.2 Å². The summed E-state index contributed by atoms with van der Waals surface area (Å²) in [5, 5.41) is 12.0. The molecule has 9 heteroatoms. The molecule has 1 aliphatic rings. The molecule has 1 aliphatic heterocycles. The number of rotatable bonds is 11. The first-order valence-electron chi connectivity index (χ1n) is 14.5. The quantitative estimate of drug-likeness (QED) is 0.0823. The van der Waals surface area contributed by atoms with E-state index >= 15 is 0 Å². The van der Waals surface area contributed by atoms with Crippen molar-refractivity contribution < 1.29 is 28.9 Å². The standard InChI is InChI=1S/C34H36N2O6S/c1-6-8-9-16-42-26-15-12-22(18-27(26)40-5)30-29(31(37)24-17-20(3)10-11-21(24)4)32(38)33(39)36(30)34-35-25-14-13-23(41-7-2)19-28(25)43-34/h10-15,17-19,30,37H,6-9,16H2,1-5H3. The van der Waals surface area contributed by atoms with Gasteiger partial charge in [0.2, 0.25) is 0 Å². The number of Topliss-reactive ketones (excluding diaryl/α,β-unsaturated/α-hetero) is 1. The minimum Gasteiger partial charge on any atom is -0.507 e. The molecule has 0 bridgehead atoms. The van der Waals surface area contributed by atoms with Crippen LogP contribution in [0.5, 0.6) is 17.2 Å². The topological polar surface area (TPSA) is 98.2 Å². The Hall–Kier alpha value is -4.37. The van der Waals surface area contributed by atoms with Gasteiger partial charge >= 0.3 is 5.91 Å². The van der Waals surface area contributed by atoms with Gasteiger partial charge in [-0.1, -0.05) is 54.9 Å². The summed E-state index contributed by atoms with van der Waals surface area (Å²) in [5.74, 6) is -0.0470. The van der Waals surface area contributed by atoms with Crippen molar-refractivity contribution in [1.29, 1.82) is 0 Å². The number of benzene rings is 3. The average Bonchev–Trinajstić information content (AvgIpc) is 3.53. The Kier molecular flexibility index (Phi) is 9.01. The highest BCUT2D eigenvalue weighted by Gasteiger charge is 2.48. The number of amides is 1. The Morgan fingerprint density at radius 1 is 0.977 bits per heavy atom. The summed E-state index contributed by atoms with van der Waals surface area (Å²) in [5.41, 5.74) is 3.44. The lowest BCUT2D eigenvalue weighted by atomic mass is 9.93. The van der Waals surface area contributed by atoms with E-state index in [1.807, 2.05) is 57.2 Å². The number of carbonyl (C=O) groups excluding carboxylic acids is 2. The minimum atomic E-state index is -0.949. The fourth-order valence-electron chi connectivity index (χ4n) is 5.24. The van der Waals surface area contributed by atoms with Crippen molar-refractivity contribution in [2.45, 2.75) is 53.0 Å². The molecule has 1 unspecified atom stereocenters. The van der Waals surface area contributed by atoms with Crippen LogP contribution in [0.4, 0.5) is 5.13 Å². The number of unbranched alkanes of at least 4 members (excludes halogenated alkanes) is 2. The van der Waals surface area contributed by atoms with Crippen molar-refractivity contribution in [2.24, 2.45) is 0 Å². The van der Waals surface area contributed by atoms with E-state index in [-0.39, 0.29) is 11.3 Å². The Balaban J connectivity index is 1.67. The number of ether oxygens (including phenoxy) is 3. The second-order valence-electron chi connectivity index (χ2n) is 10.5. The number of aliphatic hydroxyl groups excluding tert-OH is 1. The second kappa shape index (κ2) is 12.9. The molecule has 2 heterocycles. The molecule has 1 amide bonds. The van der Waals surface area contributed by atoms with Gasteiger partial charge in [0.1, 0.15) is 11.5 Å². The van der Waals surface area contributed by atoms with Gasteiger partial charge in [0, 0.05) is 5.56 Å². The van der Waals surface area contributed by atoms with Gasteiger partial charge in [0.15, 0.2) is 16.6 Å². The number of hydrogen-bond donors (Lipinski definition) is 1. The highest BCUT2D eigenvalue weighted by molar-refractivity contribution is 7.22. The molecule has 224 valence electrons. The highest BCUT2D eigenvalue weighted by Crippen LogP contribution is 2.46. The zero-order valence-electron chi connectivity index (χ0n) is 25.1. The first-order chi connectivity index (χ1) is 20.8. The summed E-state index contributed by atoms with van der Waals surface area (Å²) in [6.45, 7) is 8.88. The fourth-order valence-corrected chi connectivity index (χ4v) is 6.26. The Labute approximate surface area is 255 Å². The number of nitrogens with zero attached hydrogens (tertiary/aromatic N) is 2. The normalized spacial score (nSPS) is 16.2. The van der Waals surface area contributed by atoms with Crippen molar-refractivity contribution in [3.05, 3.63) is 82.4 Å². The molecule has 4 aromatic rings. The number of hydrogen-bond acceptors (Lipinski definition) is 8. The maximum atomic E-state index is 13.8. The summed E-state index contributed by atoms with van der Waals surface area (Å²) in [6.07, 6.45) is 3.05. The van der Waals surface area contributed by atoms with Crippen LogP contribution < -0.4 is 19.1 Å². The molecule has 0 radical (unpaired) electrons. The van der Waals surface area contributed by atoms with Crippen LogP contribution in [-0.2, 0) is 9.59 Å². The number of thiazole rings is 1. The van der Waals surface area contributed by atoms with Crippen molar-refractivity contribution in [2.75, 3.05) is 25.2 Å². The van der Waals surface area contributed by atoms with Crippen LogP contribution in [0.3, 0.4) is 0 Å². The largest absolute Gasteiger partial charge is 0.507 e. The van der Waals surface area contributed by atoms with Crippen molar-refractivity contribution in [3.8, 4) is 17.2 Å². The third-order valence-corrected chi connectivity index (χ3v) is 8.48. The highest BCUT2D eigenvalue weighted by atomic mass is 32.1. The number of carbonyl (C=O) groups is 2. The van der Waals surface area contributed by atoms with Crippen LogP contribution >= 0.6 is 11.3 Å². The van der Waals surface area contributed by atoms with E-state index in [1.165, 1.54) is 16.2 Å². The molecule has 1 N–H and O–H groups in total. The summed E-state index contributed by atoms with van der Waals surface area (Å²) >= 11 is 1.28. The molecule has 1 atom stereocenters. The molecular formula is C34H36N2O6S. The van der Waals surface area contributed by atoms with Gasteiger partial charge < -0.3 is 19.3 Å². The fraction of sp³-hybridized carbons (Fsp3) is 0.324. The van der Waals surface area contributed by atoms with Crippen LogP contribution in [0.1, 0.15) is 61.4 Å². The Morgan fingerprint density at radius 2 is 1.79 bits per heavy atom. The maximum absolute atomic E-state index is 13.8. The van der Waals surface area contributed by atoms with Crippen molar-refractivity contribution >= 4 is 44.1 Å². The van der Waals surface area contributed by atoms with E-state index < -0.39 is 17.7 Å². The predicted molar refractivity (Wildman–Crippen MR) is 170 cm³/mol. The van der Waals surface area contributed by atoms with Crippen LogP contribution in [-0.4, -0.2) is 42.1 Å². The zero-order chi connectivity index (χ0) is 30.7. The number of ketones is 1. The number of aliphatic hydroxyl groups is 1. The molecule has 5 rings (SSSR count). The maximum Gasteiger partial charge on any atom is 0.301 e. The summed E-state index contributed by atoms with van der Waals surface area (Å²) in [7, 11) is 1.55. The third kappa shape index (κ3) is 5.95. The molecule has 0 aliphatic carbocycles. The molecule has 1 saturated heterocycles. The van der Waals surface area contributed by atoms with Gasteiger partial charge in [0.05, 0.1) is 42.2 Å². The van der Waals surface area contributed by atoms with Gasteiger partial charge in [0.25, 0.3) is 5.78 Å². The van der Waals surface area contributed by atoms with Crippen molar-refractivity contribution in [3.63, 3.8) is 0 Å². The van der Waals surface area contributed by atoms with Crippen molar-refractivity contribution in [1.82, 2.24) is 4.98 Å². The van der Waals surface area contributed by atoms with Crippen LogP contribution in [0, 0.1) is 13.8 Å². The molecule has 8 nitrogen and oxygen atoms in total. The van der Waals surface area contributed by atoms with E-state index in [2.05, 4.69) is 6.92 Å². The molecule has 43 heavy (non-hydrogen) atoms. The minimum absolute atomic E-state index is 0.00775. The lowest BCUT2D eigenvalue weighted by molar-refractivity contribution is -0.132. The van der Waals surface area contributed by atoms with Crippen LogP contribution in [0.2, 0.25) is 0 Å².